The van der Waals surface area contributed by atoms with Gasteiger partial charge in [0.05, 0.1) is 6.10 Å². The molecule has 3 heteroatoms. The summed E-state index contributed by atoms with van der Waals surface area (Å²) in [6.45, 7) is 18.2. The molecule has 0 heterocycles. The molecule has 0 fully saturated rings. The predicted molar refractivity (Wildman–Crippen MR) is 93.4 cm³/mol. The third-order valence-corrected chi connectivity index (χ3v) is 4.02. The quantitative estimate of drug-likeness (QED) is 0.608. The smallest absolute Gasteiger partial charge is 0.0669 e. The van der Waals surface area contributed by atoms with E-state index in [1.807, 2.05) is 0 Å². The molecule has 4 N–H and O–H groups in total. The Morgan fingerprint density at radius 2 is 1.48 bits per heavy atom. The van der Waals surface area contributed by atoms with Gasteiger partial charge in [-0.05, 0) is 43.9 Å². The van der Waals surface area contributed by atoms with Gasteiger partial charge in [-0.1, -0.05) is 48.0 Å². The minimum Gasteiger partial charge on any atom is -0.392 e. The van der Waals surface area contributed by atoms with Crippen LogP contribution < -0.4 is 11.1 Å². The molecular formula is C18H40N2O. The Morgan fingerprint density at radius 1 is 0.952 bits per heavy atom. The molecule has 0 radical (unpaired) electrons. The van der Waals surface area contributed by atoms with Crippen LogP contribution in [0.4, 0.5) is 0 Å². The average Bonchev–Trinajstić information content (AvgIpc) is 2.21. The fourth-order valence-corrected chi connectivity index (χ4v) is 2.75. The highest BCUT2D eigenvalue weighted by Gasteiger charge is 2.25. The molecule has 0 saturated carbocycles. The van der Waals surface area contributed by atoms with Crippen LogP contribution in [0.3, 0.4) is 0 Å². The average molecular weight is 301 g/mol. The van der Waals surface area contributed by atoms with E-state index < -0.39 is 0 Å². The van der Waals surface area contributed by atoms with E-state index in [2.05, 4.69) is 60.7 Å². The van der Waals surface area contributed by atoms with Crippen molar-refractivity contribution >= 4 is 0 Å². The first-order valence-corrected chi connectivity index (χ1v) is 8.44. The normalized spacial score (nSPS) is 16.9. The van der Waals surface area contributed by atoms with Crippen molar-refractivity contribution in [1.29, 1.82) is 0 Å². The van der Waals surface area contributed by atoms with E-state index in [0.29, 0.717) is 12.6 Å². The van der Waals surface area contributed by atoms with Gasteiger partial charge in [0.2, 0.25) is 0 Å². The molecular weight excluding hydrogens is 260 g/mol. The molecule has 2 unspecified atom stereocenters. The van der Waals surface area contributed by atoms with E-state index in [1.54, 1.807) is 0 Å². The molecule has 3 nitrogen and oxygen atoms in total. The third kappa shape index (κ3) is 12.1. The lowest BCUT2D eigenvalue weighted by Gasteiger charge is -2.33. The van der Waals surface area contributed by atoms with Crippen LogP contribution in [0.25, 0.3) is 0 Å². The maximum absolute atomic E-state index is 10.3. The zero-order chi connectivity index (χ0) is 16.9. The van der Waals surface area contributed by atoms with Gasteiger partial charge in [0.25, 0.3) is 0 Å². The summed E-state index contributed by atoms with van der Waals surface area (Å²) in [5, 5.41) is 13.8. The number of aliphatic hydroxyl groups excluding tert-OH is 1. The van der Waals surface area contributed by atoms with Crippen LogP contribution >= 0.6 is 0 Å². The molecule has 0 amide bonds. The lowest BCUT2D eigenvalue weighted by atomic mass is 9.82. The van der Waals surface area contributed by atoms with Crippen molar-refractivity contribution < 1.29 is 5.11 Å². The second-order valence-corrected chi connectivity index (χ2v) is 9.44. The standard InChI is InChI=1S/C18H40N2O/c1-9-17(5,6)12-15(21)13-20-14(10-16(2,3)4)11-18(7,8)19/h14-15,20-21H,9-13,19H2,1-8H3. The Kier molecular flexibility index (Phi) is 7.89. The van der Waals surface area contributed by atoms with E-state index in [9.17, 15) is 5.11 Å². The van der Waals surface area contributed by atoms with E-state index in [-0.39, 0.29) is 22.5 Å². The van der Waals surface area contributed by atoms with Gasteiger partial charge in [0.15, 0.2) is 0 Å². The van der Waals surface area contributed by atoms with Crippen molar-refractivity contribution in [3.05, 3.63) is 0 Å². The number of nitrogens with one attached hydrogen (secondary N) is 1. The molecule has 2 atom stereocenters. The summed E-state index contributed by atoms with van der Waals surface area (Å²) in [5.74, 6) is 0. The van der Waals surface area contributed by atoms with Crippen LogP contribution in [0.2, 0.25) is 0 Å². The van der Waals surface area contributed by atoms with Gasteiger partial charge >= 0.3 is 0 Å². The fourth-order valence-electron chi connectivity index (χ4n) is 2.75. The number of rotatable bonds is 9. The number of hydrogen-bond acceptors (Lipinski definition) is 3. The highest BCUT2D eigenvalue weighted by atomic mass is 16.3. The summed E-state index contributed by atoms with van der Waals surface area (Å²) in [5.41, 5.74) is 6.46. The van der Waals surface area contributed by atoms with Crippen molar-refractivity contribution in [2.75, 3.05) is 6.54 Å². The van der Waals surface area contributed by atoms with Gasteiger partial charge < -0.3 is 16.2 Å². The van der Waals surface area contributed by atoms with Gasteiger partial charge in [-0.15, -0.1) is 0 Å². The van der Waals surface area contributed by atoms with Crippen LogP contribution in [0.5, 0.6) is 0 Å². The minimum absolute atomic E-state index is 0.184. The Morgan fingerprint density at radius 3 is 1.86 bits per heavy atom. The predicted octanol–water partition coefficient (Wildman–Crippen LogP) is 3.70. The Bertz CT molecular complexity index is 271. The second kappa shape index (κ2) is 7.94. The van der Waals surface area contributed by atoms with Crippen LogP contribution in [0.1, 0.15) is 81.1 Å². The van der Waals surface area contributed by atoms with E-state index in [1.165, 1.54) is 0 Å². The summed E-state index contributed by atoms with van der Waals surface area (Å²) in [6, 6.07) is 0.351. The second-order valence-electron chi connectivity index (χ2n) is 9.44. The molecule has 0 aromatic heterocycles. The van der Waals surface area contributed by atoms with Gasteiger partial charge in [0.1, 0.15) is 0 Å². The molecule has 0 aromatic carbocycles. The first-order chi connectivity index (χ1) is 9.24. The van der Waals surface area contributed by atoms with Gasteiger partial charge in [-0.2, -0.15) is 0 Å². The van der Waals surface area contributed by atoms with Crippen molar-refractivity contribution in [1.82, 2.24) is 5.32 Å². The highest BCUT2D eigenvalue weighted by molar-refractivity contribution is 4.85. The molecule has 128 valence electrons. The van der Waals surface area contributed by atoms with E-state index >= 15 is 0 Å². The topological polar surface area (TPSA) is 58.3 Å². The highest BCUT2D eigenvalue weighted by Crippen LogP contribution is 2.27. The Labute approximate surface area is 133 Å². The van der Waals surface area contributed by atoms with Crippen molar-refractivity contribution in [2.45, 2.75) is 98.8 Å². The Balaban J connectivity index is 4.47. The molecule has 0 aromatic rings. The minimum atomic E-state index is -0.289. The fraction of sp³-hybridized carbons (Fsp3) is 1.00. The summed E-state index contributed by atoms with van der Waals surface area (Å²) >= 11 is 0. The molecule has 0 rings (SSSR count). The first-order valence-electron chi connectivity index (χ1n) is 8.44. The van der Waals surface area contributed by atoms with Gasteiger partial charge in [0, 0.05) is 18.1 Å². The van der Waals surface area contributed by atoms with Gasteiger partial charge in [-0.25, -0.2) is 0 Å². The number of nitrogens with two attached hydrogens (primary N) is 1. The van der Waals surface area contributed by atoms with E-state index in [4.69, 9.17) is 5.73 Å². The van der Waals surface area contributed by atoms with Crippen LogP contribution in [-0.4, -0.2) is 29.3 Å². The molecule has 21 heavy (non-hydrogen) atoms. The van der Waals surface area contributed by atoms with Crippen molar-refractivity contribution in [3.63, 3.8) is 0 Å². The maximum Gasteiger partial charge on any atom is 0.0669 e. The lowest BCUT2D eigenvalue weighted by molar-refractivity contribution is 0.103. The number of hydrogen-bond donors (Lipinski definition) is 3. The molecule has 0 spiro atoms. The SMILES string of the molecule is CCC(C)(C)CC(O)CNC(CC(C)(C)C)CC(C)(C)N. The summed E-state index contributed by atoms with van der Waals surface area (Å²) < 4.78 is 0. The summed E-state index contributed by atoms with van der Waals surface area (Å²) in [6.07, 6.45) is 3.63. The van der Waals surface area contributed by atoms with Crippen LogP contribution in [-0.2, 0) is 0 Å². The monoisotopic (exact) mass is 300 g/mol. The summed E-state index contributed by atoms with van der Waals surface area (Å²) in [4.78, 5) is 0. The van der Waals surface area contributed by atoms with Crippen molar-refractivity contribution in [2.24, 2.45) is 16.6 Å². The Hall–Kier alpha value is -0.120. The third-order valence-electron chi connectivity index (χ3n) is 4.02. The van der Waals surface area contributed by atoms with Crippen LogP contribution in [0.15, 0.2) is 0 Å². The maximum atomic E-state index is 10.3. The van der Waals surface area contributed by atoms with E-state index in [0.717, 1.165) is 25.7 Å². The largest absolute Gasteiger partial charge is 0.392 e. The molecule has 0 saturated heterocycles. The van der Waals surface area contributed by atoms with Gasteiger partial charge in [-0.3, -0.25) is 0 Å². The molecule has 0 bridgehead atoms. The van der Waals surface area contributed by atoms with Crippen LogP contribution in [0, 0.1) is 10.8 Å². The molecule has 0 aliphatic heterocycles. The zero-order valence-corrected chi connectivity index (χ0v) is 15.7. The zero-order valence-electron chi connectivity index (χ0n) is 15.7. The molecule has 0 aliphatic carbocycles. The van der Waals surface area contributed by atoms with Crippen molar-refractivity contribution in [3.8, 4) is 0 Å². The lowest BCUT2D eigenvalue weighted by Crippen LogP contribution is -2.45. The summed E-state index contributed by atoms with van der Waals surface area (Å²) in [7, 11) is 0. The molecule has 0 aliphatic rings. The number of aliphatic hydroxyl groups is 1. The first kappa shape index (κ1) is 20.9.